The van der Waals surface area contributed by atoms with Gasteiger partial charge in [0.1, 0.15) is 0 Å². The first-order chi connectivity index (χ1) is 8.31. The lowest BCUT2D eigenvalue weighted by molar-refractivity contribution is 0.929. The Labute approximate surface area is 101 Å². The second kappa shape index (κ2) is 5.30. The predicted octanol–water partition coefficient (Wildman–Crippen LogP) is 2.37. The third kappa shape index (κ3) is 2.72. The van der Waals surface area contributed by atoms with Gasteiger partial charge < -0.3 is 11.1 Å². The summed E-state index contributed by atoms with van der Waals surface area (Å²) in [7, 11) is 0. The van der Waals surface area contributed by atoms with Gasteiger partial charge in [-0.3, -0.25) is 9.98 Å². The zero-order valence-corrected chi connectivity index (χ0v) is 9.85. The number of hydrogen-bond acceptors (Lipinski definition) is 2. The number of nitrogens with one attached hydrogen (secondary N) is 1. The average molecular weight is 228 g/mol. The van der Waals surface area contributed by atoms with Gasteiger partial charge in [0.15, 0.2) is 5.96 Å². The Morgan fingerprint density at radius 1 is 1.35 bits per heavy atom. The molecule has 0 aliphatic heterocycles. The van der Waals surface area contributed by atoms with Crippen LogP contribution in [-0.4, -0.2) is 17.5 Å². The maximum Gasteiger partial charge on any atom is 0.193 e. The molecule has 2 aromatic rings. The van der Waals surface area contributed by atoms with Crippen molar-refractivity contribution in [2.75, 3.05) is 11.9 Å². The van der Waals surface area contributed by atoms with E-state index in [4.69, 9.17) is 5.73 Å². The van der Waals surface area contributed by atoms with E-state index < -0.39 is 0 Å². The lowest BCUT2D eigenvalue weighted by atomic mass is 10.2. The van der Waals surface area contributed by atoms with Gasteiger partial charge in [-0.2, -0.15) is 0 Å². The number of nitrogens with two attached hydrogens (primary N) is 1. The van der Waals surface area contributed by atoms with Crippen LogP contribution in [0, 0.1) is 0 Å². The molecule has 0 atom stereocenters. The number of nitrogens with zero attached hydrogens (tertiary/aromatic N) is 2. The first-order valence-electron chi connectivity index (χ1n) is 5.72. The second-order valence-electron chi connectivity index (χ2n) is 3.77. The molecule has 4 nitrogen and oxygen atoms in total. The van der Waals surface area contributed by atoms with E-state index in [1.807, 2.05) is 30.3 Å². The van der Waals surface area contributed by atoms with Crippen LogP contribution in [0.15, 0.2) is 41.5 Å². The first kappa shape index (κ1) is 11.4. The van der Waals surface area contributed by atoms with E-state index in [1.54, 1.807) is 6.20 Å². The van der Waals surface area contributed by atoms with E-state index in [0.29, 0.717) is 5.96 Å². The summed E-state index contributed by atoms with van der Waals surface area (Å²) in [5, 5.41) is 4.15. The van der Waals surface area contributed by atoms with Gasteiger partial charge in [-0.15, -0.1) is 0 Å². The third-order valence-corrected chi connectivity index (χ3v) is 2.41. The molecule has 0 aliphatic rings. The fourth-order valence-corrected chi connectivity index (χ4v) is 1.62. The molecule has 0 bridgehead atoms. The van der Waals surface area contributed by atoms with Gasteiger partial charge in [0.05, 0.1) is 11.2 Å². The van der Waals surface area contributed by atoms with Crippen molar-refractivity contribution in [2.24, 2.45) is 10.7 Å². The number of hydrogen-bond donors (Lipinski definition) is 2. The molecule has 0 amide bonds. The van der Waals surface area contributed by atoms with E-state index in [9.17, 15) is 0 Å². The molecule has 4 heteroatoms. The minimum absolute atomic E-state index is 0.447. The van der Waals surface area contributed by atoms with Crippen LogP contribution in [0.4, 0.5) is 5.69 Å². The molecule has 0 unspecified atom stereocenters. The van der Waals surface area contributed by atoms with E-state index in [-0.39, 0.29) is 0 Å². The summed E-state index contributed by atoms with van der Waals surface area (Å²) in [6.07, 6.45) is 2.76. The number of pyridine rings is 1. The van der Waals surface area contributed by atoms with Gasteiger partial charge in [-0.05, 0) is 30.7 Å². The molecule has 0 fully saturated rings. The number of fused-ring (bicyclic) bond motifs is 1. The molecular weight excluding hydrogens is 212 g/mol. The smallest absolute Gasteiger partial charge is 0.193 e. The average Bonchev–Trinajstić information content (AvgIpc) is 2.37. The zero-order valence-electron chi connectivity index (χ0n) is 9.85. The molecule has 1 aromatic heterocycles. The summed E-state index contributed by atoms with van der Waals surface area (Å²) in [5.74, 6) is 0.447. The van der Waals surface area contributed by atoms with Crippen LogP contribution < -0.4 is 11.1 Å². The Morgan fingerprint density at radius 2 is 2.24 bits per heavy atom. The predicted molar refractivity (Wildman–Crippen MR) is 72.1 cm³/mol. The molecule has 1 aromatic carbocycles. The maximum atomic E-state index is 5.80. The molecule has 0 saturated carbocycles. The molecule has 0 spiro atoms. The summed E-state index contributed by atoms with van der Waals surface area (Å²) in [5.41, 5.74) is 7.68. The lowest BCUT2D eigenvalue weighted by Gasteiger charge is -2.08. The molecule has 3 N–H and O–H groups in total. The number of aliphatic imine (C=N–C) groups is 1. The van der Waals surface area contributed by atoms with E-state index in [2.05, 4.69) is 22.2 Å². The minimum atomic E-state index is 0.447. The number of guanidine groups is 1. The Bertz CT molecular complexity index is 528. The first-order valence-corrected chi connectivity index (χ1v) is 5.72. The molecule has 0 radical (unpaired) electrons. The van der Waals surface area contributed by atoms with Crippen molar-refractivity contribution >= 4 is 22.5 Å². The number of benzene rings is 1. The Hall–Kier alpha value is -2.10. The summed E-state index contributed by atoms with van der Waals surface area (Å²) in [4.78, 5) is 8.50. The van der Waals surface area contributed by atoms with E-state index in [0.717, 1.165) is 29.6 Å². The summed E-state index contributed by atoms with van der Waals surface area (Å²) >= 11 is 0. The Kier molecular flexibility index (Phi) is 3.55. The highest BCUT2D eigenvalue weighted by Gasteiger charge is 2.01. The van der Waals surface area contributed by atoms with Crippen LogP contribution in [-0.2, 0) is 0 Å². The fraction of sp³-hybridized carbons (Fsp3) is 0.231. The third-order valence-electron chi connectivity index (χ3n) is 2.41. The van der Waals surface area contributed by atoms with Crippen LogP contribution in [0.25, 0.3) is 10.9 Å². The van der Waals surface area contributed by atoms with Crippen LogP contribution >= 0.6 is 0 Å². The molecule has 2 rings (SSSR count). The van der Waals surface area contributed by atoms with Crippen molar-refractivity contribution in [3.05, 3.63) is 36.5 Å². The molecule has 0 aliphatic carbocycles. The normalized spacial score (nSPS) is 11.7. The standard InChI is InChI=1S/C13H16N4/c1-2-8-16-13(14)17-12-7-3-6-11-10(12)5-4-9-15-11/h3-7,9H,2,8H2,1H3,(H3,14,16,17). The molecule has 0 saturated heterocycles. The van der Waals surface area contributed by atoms with Crippen LogP contribution in [0.5, 0.6) is 0 Å². The van der Waals surface area contributed by atoms with Gasteiger partial charge in [0.2, 0.25) is 0 Å². The lowest BCUT2D eigenvalue weighted by Crippen LogP contribution is -2.22. The highest BCUT2D eigenvalue weighted by Crippen LogP contribution is 2.20. The van der Waals surface area contributed by atoms with Crippen LogP contribution in [0.3, 0.4) is 0 Å². The van der Waals surface area contributed by atoms with E-state index >= 15 is 0 Å². The highest BCUT2D eigenvalue weighted by atomic mass is 15.1. The SMILES string of the molecule is CCCN=C(N)Nc1cccc2ncccc12. The van der Waals surface area contributed by atoms with Gasteiger partial charge >= 0.3 is 0 Å². The molecule has 1 heterocycles. The van der Waals surface area contributed by atoms with E-state index in [1.165, 1.54) is 0 Å². The number of rotatable bonds is 3. The van der Waals surface area contributed by atoms with Crippen molar-refractivity contribution in [3.63, 3.8) is 0 Å². The summed E-state index contributed by atoms with van der Waals surface area (Å²) in [6, 6.07) is 9.81. The zero-order chi connectivity index (χ0) is 12.1. The summed E-state index contributed by atoms with van der Waals surface area (Å²) in [6.45, 7) is 2.81. The topological polar surface area (TPSA) is 63.3 Å². The van der Waals surface area contributed by atoms with Gasteiger partial charge in [0.25, 0.3) is 0 Å². The van der Waals surface area contributed by atoms with Crippen LogP contribution in [0.1, 0.15) is 13.3 Å². The monoisotopic (exact) mass is 228 g/mol. The van der Waals surface area contributed by atoms with Crippen LogP contribution in [0.2, 0.25) is 0 Å². The van der Waals surface area contributed by atoms with Gasteiger partial charge in [-0.25, -0.2) is 0 Å². The van der Waals surface area contributed by atoms with Crippen molar-refractivity contribution in [2.45, 2.75) is 13.3 Å². The second-order valence-corrected chi connectivity index (χ2v) is 3.77. The fourth-order valence-electron chi connectivity index (χ4n) is 1.62. The maximum absolute atomic E-state index is 5.80. The number of anilines is 1. The molecular formula is C13H16N4. The Morgan fingerprint density at radius 3 is 3.06 bits per heavy atom. The number of aromatic nitrogens is 1. The van der Waals surface area contributed by atoms with Crippen molar-refractivity contribution < 1.29 is 0 Å². The van der Waals surface area contributed by atoms with Gasteiger partial charge in [-0.1, -0.05) is 13.0 Å². The molecule has 17 heavy (non-hydrogen) atoms. The van der Waals surface area contributed by atoms with Crippen molar-refractivity contribution in [3.8, 4) is 0 Å². The van der Waals surface area contributed by atoms with Crippen molar-refractivity contribution in [1.82, 2.24) is 4.98 Å². The van der Waals surface area contributed by atoms with Gasteiger partial charge in [0, 0.05) is 18.1 Å². The largest absolute Gasteiger partial charge is 0.370 e. The highest BCUT2D eigenvalue weighted by molar-refractivity contribution is 6.01. The summed E-state index contributed by atoms with van der Waals surface area (Å²) < 4.78 is 0. The minimum Gasteiger partial charge on any atom is -0.370 e. The van der Waals surface area contributed by atoms with Crippen molar-refractivity contribution in [1.29, 1.82) is 0 Å². The quantitative estimate of drug-likeness (QED) is 0.626. The molecule has 88 valence electrons. The Balaban J connectivity index is 2.30.